The number of nitrogens with zero attached hydrogens (tertiary/aromatic N) is 1. The number of hydrogen-bond acceptors (Lipinski definition) is 3. The molecular weight excluding hydrogens is 186 g/mol. The van der Waals surface area contributed by atoms with Crippen molar-refractivity contribution in [3.63, 3.8) is 0 Å². The lowest BCUT2D eigenvalue weighted by atomic mass is 10.2. The SMILES string of the molecule is Cc1cccc(Nc2cnccc2N)c1. The number of benzene rings is 1. The Morgan fingerprint density at radius 3 is 2.87 bits per heavy atom. The highest BCUT2D eigenvalue weighted by Crippen LogP contribution is 2.21. The van der Waals surface area contributed by atoms with E-state index in [1.165, 1.54) is 5.56 Å². The minimum absolute atomic E-state index is 0.700. The van der Waals surface area contributed by atoms with Gasteiger partial charge in [-0.1, -0.05) is 12.1 Å². The molecule has 1 heterocycles. The highest BCUT2D eigenvalue weighted by Gasteiger charge is 1.98. The molecule has 0 spiro atoms. The lowest BCUT2D eigenvalue weighted by Gasteiger charge is -2.08. The molecule has 1 aromatic carbocycles. The van der Waals surface area contributed by atoms with Crippen LogP contribution in [0, 0.1) is 6.92 Å². The zero-order valence-electron chi connectivity index (χ0n) is 8.57. The Kier molecular flexibility index (Phi) is 2.54. The predicted octanol–water partition coefficient (Wildman–Crippen LogP) is 2.72. The van der Waals surface area contributed by atoms with Crippen LogP contribution in [0.1, 0.15) is 5.56 Å². The van der Waals surface area contributed by atoms with Gasteiger partial charge in [-0.2, -0.15) is 0 Å². The molecule has 3 heteroatoms. The molecule has 76 valence electrons. The molecule has 0 aliphatic rings. The molecule has 2 rings (SSSR count). The minimum Gasteiger partial charge on any atom is -0.397 e. The van der Waals surface area contributed by atoms with Gasteiger partial charge in [-0.15, -0.1) is 0 Å². The van der Waals surface area contributed by atoms with Gasteiger partial charge in [0.1, 0.15) is 0 Å². The number of hydrogen-bond donors (Lipinski definition) is 2. The lowest BCUT2D eigenvalue weighted by molar-refractivity contribution is 1.32. The summed E-state index contributed by atoms with van der Waals surface area (Å²) in [5, 5.41) is 3.23. The topological polar surface area (TPSA) is 50.9 Å². The summed E-state index contributed by atoms with van der Waals surface area (Å²) in [6.07, 6.45) is 3.40. The second-order valence-electron chi connectivity index (χ2n) is 3.46. The Hall–Kier alpha value is -2.03. The minimum atomic E-state index is 0.700. The predicted molar refractivity (Wildman–Crippen MR) is 63.1 cm³/mol. The van der Waals surface area contributed by atoms with E-state index in [9.17, 15) is 0 Å². The zero-order valence-corrected chi connectivity index (χ0v) is 8.57. The van der Waals surface area contributed by atoms with Gasteiger partial charge in [-0.25, -0.2) is 0 Å². The smallest absolute Gasteiger partial charge is 0.0804 e. The van der Waals surface area contributed by atoms with Crippen molar-refractivity contribution in [3.8, 4) is 0 Å². The third-order valence-electron chi connectivity index (χ3n) is 2.15. The molecule has 0 atom stereocenters. The van der Waals surface area contributed by atoms with Gasteiger partial charge in [-0.3, -0.25) is 4.98 Å². The molecule has 0 unspecified atom stereocenters. The number of aromatic nitrogens is 1. The van der Waals surface area contributed by atoms with Gasteiger partial charge in [0.15, 0.2) is 0 Å². The largest absolute Gasteiger partial charge is 0.397 e. The first-order valence-electron chi connectivity index (χ1n) is 4.79. The first-order chi connectivity index (χ1) is 7.25. The lowest BCUT2D eigenvalue weighted by Crippen LogP contribution is -1.96. The van der Waals surface area contributed by atoms with Crippen molar-refractivity contribution in [2.75, 3.05) is 11.1 Å². The van der Waals surface area contributed by atoms with E-state index >= 15 is 0 Å². The second kappa shape index (κ2) is 4.00. The summed E-state index contributed by atoms with van der Waals surface area (Å²) < 4.78 is 0. The number of aryl methyl sites for hydroxylation is 1. The van der Waals surface area contributed by atoms with Crippen LogP contribution in [0.4, 0.5) is 17.1 Å². The van der Waals surface area contributed by atoms with Crippen molar-refractivity contribution < 1.29 is 0 Å². The van der Waals surface area contributed by atoms with Crippen LogP contribution in [0.2, 0.25) is 0 Å². The summed E-state index contributed by atoms with van der Waals surface area (Å²) in [5.41, 5.74) is 9.57. The molecule has 0 fully saturated rings. The van der Waals surface area contributed by atoms with Crippen LogP contribution < -0.4 is 11.1 Å². The van der Waals surface area contributed by atoms with Crippen LogP contribution in [0.3, 0.4) is 0 Å². The number of nitrogens with two attached hydrogens (primary N) is 1. The zero-order chi connectivity index (χ0) is 10.7. The number of rotatable bonds is 2. The molecule has 15 heavy (non-hydrogen) atoms. The fraction of sp³-hybridized carbons (Fsp3) is 0.0833. The van der Waals surface area contributed by atoms with Crippen LogP contribution >= 0.6 is 0 Å². The fourth-order valence-electron chi connectivity index (χ4n) is 1.39. The average molecular weight is 199 g/mol. The van der Waals surface area contributed by atoms with Crippen LogP contribution in [0.25, 0.3) is 0 Å². The maximum Gasteiger partial charge on any atom is 0.0804 e. The Balaban J connectivity index is 2.26. The number of nitrogens with one attached hydrogen (secondary N) is 1. The molecular formula is C12H13N3. The Morgan fingerprint density at radius 1 is 1.27 bits per heavy atom. The Bertz CT molecular complexity index is 466. The van der Waals surface area contributed by atoms with E-state index in [0.29, 0.717) is 5.69 Å². The van der Waals surface area contributed by atoms with E-state index in [1.54, 1.807) is 18.5 Å². The van der Waals surface area contributed by atoms with Crippen LogP contribution in [-0.4, -0.2) is 4.98 Å². The maximum atomic E-state index is 5.80. The van der Waals surface area contributed by atoms with E-state index in [1.807, 2.05) is 12.1 Å². The molecule has 0 aliphatic carbocycles. The summed E-state index contributed by atoms with van der Waals surface area (Å²) in [6, 6.07) is 9.89. The Labute approximate surface area is 89.0 Å². The number of anilines is 3. The molecule has 0 saturated heterocycles. The van der Waals surface area contributed by atoms with Gasteiger partial charge in [0.25, 0.3) is 0 Å². The number of nitrogen functional groups attached to an aromatic ring is 1. The van der Waals surface area contributed by atoms with Crippen molar-refractivity contribution in [3.05, 3.63) is 48.3 Å². The molecule has 3 N–H and O–H groups in total. The first-order valence-corrected chi connectivity index (χ1v) is 4.79. The van der Waals surface area contributed by atoms with Gasteiger partial charge in [0.05, 0.1) is 17.6 Å². The molecule has 0 saturated carbocycles. The van der Waals surface area contributed by atoms with Crippen molar-refractivity contribution in [2.24, 2.45) is 0 Å². The molecule has 0 radical (unpaired) electrons. The summed E-state index contributed by atoms with van der Waals surface area (Å²) in [6.45, 7) is 2.05. The first kappa shape index (κ1) is 9.52. The highest BCUT2D eigenvalue weighted by atomic mass is 14.9. The molecule has 0 aliphatic heterocycles. The average Bonchev–Trinajstić information content (AvgIpc) is 2.22. The normalized spacial score (nSPS) is 9.93. The summed E-state index contributed by atoms with van der Waals surface area (Å²) in [7, 11) is 0. The molecule has 0 bridgehead atoms. The summed E-state index contributed by atoms with van der Waals surface area (Å²) in [4.78, 5) is 4.02. The van der Waals surface area contributed by atoms with E-state index in [4.69, 9.17) is 5.73 Å². The van der Waals surface area contributed by atoms with E-state index < -0.39 is 0 Å². The second-order valence-corrected chi connectivity index (χ2v) is 3.46. The van der Waals surface area contributed by atoms with Gasteiger partial charge in [0, 0.05) is 11.9 Å². The van der Waals surface area contributed by atoms with E-state index in [-0.39, 0.29) is 0 Å². The van der Waals surface area contributed by atoms with Crippen LogP contribution in [0.5, 0.6) is 0 Å². The maximum absolute atomic E-state index is 5.80. The van der Waals surface area contributed by atoms with Gasteiger partial charge in [0.2, 0.25) is 0 Å². The summed E-state index contributed by atoms with van der Waals surface area (Å²) in [5.74, 6) is 0. The third-order valence-corrected chi connectivity index (χ3v) is 2.15. The Morgan fingerprint density at radius 2 is 2.13 bits per heavy atom. The molecule has 0 amide bonds. The standard InChI is InChI=1S/C12H13N3/c1-9-3-2-4-10(7-9)15-12-8-14-6-5-11(12)13/h2-8,15H,1H3,(H2,13,14). The third kappa shape index (κ3) is 2.26. The van der Waals surface area contributed by atoms with E-state index in [0.717, 1.165) is 11.4 Å². The van der Waals surface area contributed by atoms with E-state index in [2.05, 4.69) is 29.4 Å². The monoisotopic (exact) mass is 199 g/mol. The fourth-order valence-corrected chi connectivity index (χ4v) is 1.39. The van der Waals surface area contributed by atoms with Crippen molar-refractivity contribution in [2.45, 2.75) is 6.92 Å². The van der Waals surface area contributed by atoms with Gasteiger partial charge < -0.3 is 11.1 Å². The molecule has 3 nitrogen and oxygen atoms in total. The van der Waals surface area contributed by atoms with Crippen molar-refractivity contribution in [1.29, 1.82) is 0 Å². The van der Waals surface area contributed by atoms with Crippen LogP contribution in [-0.2, 0) is 0 Å². The highest BCUT2D eigenvalue weighted by molar-refractivity contribution is 5.71. The quantitative estimate of drug-likeness (QED) is 0.781. The van der Waals surface area contributed by atoms with Crippen molar-refractivity contribution in [1.82, 2.24) is 4.98 Å². The van der Waals surface area contributed by atoms with Gasteiger partial charge in [-0.05, 0) is 30.7 Å². The number of pyridine rings is 1. The molecule has 2 aromatic rings. The van der Waals surface area contributed by atoms with Gasteiger partial charge >= 0.3 is 0 Å². The van der Waals surface area contributed by atoms with Crippen LogP contribution in [0.15, 0.2) is 42.7 Å². The molecule has 1 aromatic heterocycles. The summed E-state index contributed by atoms with van der Waals surface area (Å²) >= 11 is 0. The van der Waals surface area contributed by atoms with Crippen molar-refractivity contribution >= 4 is 17.1 Å².